The van der Waals surface area contributed by atoms with Crippen molar-refractivity contribution >= 4 is 5.97 Å². The summed E-state index contributed by atoms with van der Waals surface area (Å²) in [6.07, 6.45) is 1.46. The second-order valence-corrected chi connectivity index (χ2v) is 2.32. The molecule has 0 spiro atoms. The molecule has 0 aromatic carbocycles. The molecule has 0 aliphatic rings. The number of hydrogen-bond donors (Lipinski definition) is 0. The van der Waals surface area contributed by atoms with Crippen LogP contribution in [-0.4, -0.2) is 41.6 Å². The van der Waals surface area contributed by atoms with E-state index in [0.29, 0.717) is 13.2 Å². The molecular weight excluding hydrogens is 174 g/mol. The Kier molecular flexibility index (Phi) is 3.39. The van der Waals surface area contributed by atoms with Crippen molar-refractivity contribution < 1.29 is 14.3 Å². The van der Waals surface area contributed by atoms with Crippen molar-refractivity contribution in [2.45, 2.75) is 6.54 Å². The van der Waals surface area contributed by atoms with Crippen molar-refractivity contribution in [3.8, 4) is 0 Å². The number of hydrogen-bond acceptors (Lipinski definition) is 5. The third kappa shape index (κ3) is 2.51. The van der Waals surface area contributed by atoms with E-state index in [1.165, 1.54) is 18.1 Å². The van der Waals surface area contributed by atoms with E-state index in [4.69, 9.17) is 4.74 Å². The summed E-state index contributed by atoms with van der Waals surface area (Å²) in [5.41, 5.74) is 0. The van der Waals surface area contributed by atoms with Crippen molar-refractivity contribution in [3.05, 3.63) is 12.2 Å². The van der Waals surface area contributed by atoms with Crippen LogP contribution in [0.25, 0.3) is 0 Å². The van der Waals surface area contributed by atoms with Gasteiger partial charge in [0.15, 0.2) is 0 Å². The fourth-order valence-corrected chi connectivity index (χ4v) is 0.772. The quantitative estimate of drug-likeness (QED) is 0.603. The van der Waals surface area contributed by atoms with E-state index in [-0.39, 0.29) is 5.82 Å². The van der Waals surface area contributed by atoms with E-state index >= 15 is 0 Å². The second kappa shape index (κ2) is 4.56. The Balaban J connectivity index is 2.58. The van der Waals surface area contributed by atoms with Crippen LogP contribution in [0.5, 0.6) is 0 Å². The number of aromatic nitrogens is 3. The lowest BCUT2D eigenvalue weighted by atomic mass is 10.6. The predicted molar refractivity (Wildman–Crippen MR) is 43.2 cm³/mol. The molecule has 13 heavy (non-hydrogen) atoms. The van der Waals surface area contributed by atoms with Crippen LogP contribution in [0.15, 0.2) is 6.33 Å². The summed E-state index contributed by atoms with van der Waals surface area (Å²) in [5, 5.41) is 3.87. The first-order valence-corrected chi connectivity index (χ1v) is 3.74. The first-order valence-electron chi connectivity index (χ1n) is 3.74. The Morgan fingerprint density at radius 2 is 2.38 bits per heavy atom. The summed E-state index contributed by atoms with van der Waals surface area (Å²) in [6, 6.07) is 0. The zero-order valence-electron chi connectivity index (χ0n) is 7.56. The zero-order valence-corrected chi connectivity index (χ0v) is 7.56. The Hall–Kier alpha value is -1.43. The van der Waals surface area contributed by atoms with Gasteiger partial charge in [-0.15, -0.1) is 5.10 Å². The van der Waals surface area contributed by atoms with Gasteiger partial charge in [-0.1, -0.05) is 0 Å². The Morgan fingerprint density at radius 3 is 3.00 bits per heavy atom. The molecule has 0 N–H and O–H groups in total. The van der Waals surface area contributed by atoms with Crippen LogP contribution < -0.4 is 0 Å². The molecule has 1 heterocycles. The fraction of sp³-hybridized carbons (Fsp3) is 0.571. The molecule has 1 aromatic heterocycles. The van der Waals surface area contributed by atoms with Crippen LogP contribution in [0.3, 0.4) is 0 Å². The Bertz CT molecular complexity index is 284. The smallest absolute Gasteiger partial charge is 0.377 e. The van der Waals surface area contributed by atoms with Crippen LogP contribution in [-0.2, 0) is 16.0 Å². The molecule has 0 atom stereocenters. The predicted octanol–water partition coefficient (Wildman–Crippen LogP) is -0.289. The highest BCUT2D eigenvalue weighted by atomic mass is 16.5. The number of esters is 1. The zero-order chi connectivity index (χ0) is 9.68. The topological polar surface area (TPSA) is 66.2 Å². The van der Waals surface area contributed by atoms with Crippen LogP contribution >= 0.6 is 0 Å². The molecule has 0 saturated heterocycles. The number of carbonyl (C=O) groups excluding carboxylic acids is 1. The van der Waals surface area contributed by atoms with Gasteiger partial charge in [0.05, 0.1) is 20.3 Å². The summed E-state index contributed by atoms with van der Waals surface area (Å²) < 4.78 is 10.8. The lowest BCUT2D eigenvalue weighted by Crippen LogP contribution is -2.08. The average Bonchev–Trinajstić information content (AvgIpc) is 2.62. The van der Waals surface area contributed by atoms with Crippen molar-refractivity contribution in [1.82, 2.24) is 14.8 Å². The van der Waals surface area contributed by atoms with Gasteiger partial charge in [0.25, 0.3) is 5.82 Å². The molecule has 1 rings (SSSR count). The minimum atomic E-state index is -0.531. The van der Waals surface area contributed by atoms with E-state index in [1.807, 2.05) is 0 Å². The van der Waals surface area contributed by atoms with Gasteiger partial charge < -0.3 is 9.47 Å². The standard InChI is InChI=1S/C7H11N3O3/c1-12-4-3-10-5-8-6(9-10)7(11)13-2/h5H,3-4H2,1-2H3. The summed E-state index contributed by atoms with van der Waals surface area (Å²) in [5.74, 6) is -0.463. The van der Waals surface area contributed by atoms with Crippen LogP contribution in [0.2, 0.25) is 0 Å². The summed E-state index contributed by atoms with van der Waals surface area (Å²) in [4.78, 5) is 14.7. The summed E-state index contributed by atoms with van der Waals surface area (Å²) in [7, 11) is 2.89. The highest BCUT2D eigenvalue weighted by molar-refractivity contribution is 5.84. The van der Waals surface area contributed by atoms with Gasteiger partial charge in [-0.2, -0.15) is 0 Å². The molecule has 0 unspecified atom stereocenters. The molecule has 0 radical (unpaired) electrons. The summed E-state index contributed by atoms with van der Waals surface area (Å²) >= 11 is 0. The number of rotatable bonds is 4. The molecule has 0 bridgehead atoms. The lowest BCUT2D eigenvalue weighted by Gasteiger charge is -1.96. The molecule has 0 fully saturated rings. The molecule has 72 valence electrons. The van der Waals surface area contributed by atoms with E-state index in [1.54, 1.807) is 7.11 Å². The number of ether oxygens (including phenoxy) is 2. The molecule has 1 aromatic rings. The van der Waals surface area contributed by atoms with Crippen molar-refractivity contribution in [3.63, 3.8) is 0 Å². The lowest BCUT2D eigenvalue weighted by molar-refractivity contribution is 0.0586. The maximum absolute atomic E-state index is 10.9. The highest BCUT2D eigenvalue weighted by Gasteiger charge is 2.10. The van der Waals surface area contributed by atoms with Crippen LogP contribution in [0.4, 0.5) is 0 Å². The molecule has 6 nitrogen and oxygen atoms in total. The monoisotopic (exact) mass is 185 g/mol. The molecule has 0 amide bonds. The SMILES string of the molecule is COCCn1cnc(C(=O)OC)n1. The molecule has 6 heteroatoms. The van der Waals surface area contributed by atoms with E-state index in [0.717, 1.165) is 0 Å². The number of carbonyl (C=O) groups is 1. The van der Waals surface area contributed by atoms with Crippen LogP contribution in [0.1, 0.15) is 10.6 Å². The second-order valence-electron chi connectivity index (χ2n) is 2.32. The first kappa shape index (κ1) is 9.66. The van der Waals surface area contributed by atoms with Crippen molar-refractivity contribution in [2.75, 3.05) is 20.8 Å². The van der Waals surface area contributed by atoms with Gasteiger partial charge in [-0.3, -0.25) is 0 Å². The van der Waals surface area contributed by atoms with Gasteiger partial charge in [-0.05, 0) is 0 Å². The molecule has 0 aliphatic carbocycles. The van der Waals surface area contributed by atoms with Crippen molar-refractivity contribution in [2.24, 2.45) is 0 Å². The van der Waals surface area contributed by atoms with Gasteiger partial charge in [0.1, 0.15) is 6.33 Å². The Labute approximate surface area is 75.5 Å². The van der Waals surface area contributed by atoms with Gasteiger partial charge >= 0.3 is 5.97 Å². The van der Waals surface area contributed by atoms with Gasteiger partial charge in [0, 0.05) is 7.11 Å². The van der Waals surface area contributed by atoms with Crippen molar-refractivity contribution in [1.29, 1.82) is 0 Å². The third-order valence-electron chi connectivity index (χ3n) is 1.43. The normalized spacial score (nSPS) is 10.0. The van der Waals surface area contributed by atoms with E-state index in [9.17, 15) is 4.79 Å². The van der Waals surface area contributed by atoms with Crippen LogP contribution in [0, 0.1) is 0 Å². The first-order chi connectivity index (χ1) is 6.27. The van der Waals surface area contributed by atoms with Gasteiger partial charge in [-0.25, -0.2) is 14.5 Å². The average molecular weight is 185 g/mol. The molecule has 0 saturated carbocycles. The third-order valence-corrected chi connectivity index (χ3v) is 1.43. The number of nitrogens with zero attached hydrogens (tertiary/aromatic N) is 3. The highest BCUT2D eigenvalue weighted by Crippen LogP contribution is 1.92. The van der Waals surface area contributed by atoms with E-state index < -0.39 is 5.97 Å². The fourth-order valence-electron chi connectivity index (χ4n) is 0.772. The summed E-state index contributed by atoms with van der Waals surface area (Å²) in [6.45, 7) is 1.10. The van der Waals surface area contributed by atoms with E-state index in [2.05, 4.69) is 14.8 Å². The molecular formula is C7H11N3O3. The minimum absolute atomic E-state index is 0.0682. The minimum Gasteiger partial charge on any atom is -0.463 e. The van der Waals surface area contributed by atoms with Gasteiger partial charge in [0.2, 0.25) is 0 Å². The molecule has 0 aliphatic heterocycles. The largest absolute Gasteiger partial charge is 0.463 e. The number of methoxy groups -OCH3 is 2. The maximum atomic E-state index is 10.9. The maximum Gasteiger partial charge on any atom is 0.377 e. The Morgan fingerprint density at radius 1 is 1.62 bits per heavy atom.